The van der Waals surface area contributed by atoms with Gasteiger partial charge in [-0.3, -0.25) is 9.59 Å². The molecule has 0 spiro atoms. The number of carbonyl (C=O) groups excluding carboxylic acids is 2. The van der Waals surface area contributed by atoms with Crippen molar-refractivity contribution < 1.29 is 14.0 Å². The van der Waals surface area contributed by atoms with Crippen molar-refractivity contribution in [2.24, 2.45) is 0 Å². The van der Waals surface area contributed by atoms with Gasteiger partial charge in [0.1, 0.15) is 0 Å². The first-order chi connectivity index (χ1) is 7.88. The summed E-state index contributed by atoms with van der Waals surface area (Å²) < 4.78 is 13.5. The number of hydrogen-bond acceptors (Lipinski definition) is 2. The summed E-state index contributed by atoms with van der Waals surface area (Å²) in [4.78, 5) is 22.8. The molecule has 0 aliphatic heterocycles. The zero-order valence-electron chi connectivity index (χ0n) is 8.77. The van der Waals surface area contributed by atoms with E-state index in [0.717, 1.165) is 0 Å². The van der Waals surface area contributed by atoms with Crippen LogP contribution in [0.25, 0.3) is 0 Å². The number of Topliss-reactive ketones (excluding diaryl/α,β-unsaturated/α-hetero) is 2. The van der Waals surface area contributed by atoms with E-state index in [1.165, 1.54) is 19.1 Å². The molecule has 0 heterocycles. The highest BCUT2D eigenvalue weighted by molar-refractivity contribution is 6.43. The Balaban J connectivity index is 3.17. The Morgan fingerprint density at radius 3 is 2.12 bits per heavy atom. The number of halogens is 4. The van der Waals surface area contributed by atoms with Crippen LogP contribution in [0.2, 0.25) is 15.1 Å². The molecule has 1 unspecified atom stereocenters. The highest BCUT2D eigenvalue weighted by atomic mass is 35.5. The predicted octanol–water partition coefficient (Wildman–Crippen LogP) is 4.15. The molecular weight excluding hydrogens is 289 g/mol. The van der Waals surface area contributed by atoms with E-state index in [4.69, 9.17) is 34.8 Å². The fourth-order valence-electron chi connectivity index (χ4n) is 1.23. The highest BCUT2D eigenvalue weighted by Crippen LogP contribution is 2.30. The van der Waals surface area contributed by atoms with Crippen LogP contribution in [0.4, 0.5) is 4.39 Å². The van der Waals surface area contributed by atoms with Gasteiger partial charge in [-0.1, -0.05) is 41.7 Å². The quantitative estimate of drug-likeness (QED) is 0.618. The molecule has 0 saturated heterocycles. The molecule has 0 bridgehead atoms. The minimum atomic E-state index is -2.24. The lowest BCUT2D eigenvalue weighted by atomic mass is 10.0. The van der Waals surface area contributed by atoms with E-state index < -0.39 is 17.7 Å². The van der Waals surface area contributed by atoms with Crippen molar-refractivity contribution in [1.29, 1.82) is 0 Å². The molecule has 1 aromatic rings. The van der Waals surface area contributed by atoms with Crippen molar-refractivity contribution in [3.05, 3.63) is 32.8 Å². The van der Waals surface area contributed by atoms with Crippen LogP contribution >= 0.6 is 34.8 Å². The summed E-state index contributed by atoms with van der Waals surface area (Å²) in [6.45, 7) is 1.47. The van der Waals surface area contributed by atoms with Crippen molar-refractivity contribution in [1.82, 2.24) is 0 Å². The Labute approximate surface area is 113 Å². The second-order valence-electron chi connectivity index (χ2n) is 3.29. The first-order valence-corrected chi connectivity index (χ1v) is 5.87. The molecule has 0 N–H and O–H groups in total. The number of ketones is 2. The van der Waals surface area contributed by atoms with Gasteiger partial charge in [0, 0.05) is 11.4 Å². The second-order valence-corrected chi connectivity index (χ2v) is 4.54. The van der Waals surface area contributed by atoms with Gasteiger partial charge >= 0.3 is 0 Å². The maximum Gasteiger partial charge on any atom is 0.220 e. The van der Waals surface area contributed by atoms with Gasteiger partial charge in [0.2, 0.25) is 12.0 Å². The van der Waals surface area contributed by atoms with Gasteiger partial charge in [0.25, 0.3) is 0 Å². The molecule has 92 valence electrons. The maximum absolute atomic E-state index is 13.5. The van der Waals surface area contributed by atoms with E-state index in [1.807, 2.05) is 0 Å². The molecule has 6 heteroatoms. The molecule has 1 atom stereocenters. The van der Waals surface area contributed by atoms with Crippen LogP contribution in [-0.4, -0.2) is 17.7 Å². The summed E-state index contributed by atoms with van der Waals surface area (Å²) in [6.07, 6.45) is -2.31. The van der Waals surface area contributed by atoms with E-state index >= 15 is 0 Å². The fraction of sp³-hybridized carbons (Fsp3) is 0.273. The largest absolute Gasteiger partial charge is 0.296 e. The second kappa shape index (κ2) is 5.80. The third kappa shape index (κ3) is 3.18. The van der Waals surface area contributed by atoms with Crippen molar-refractivity contribution in [2.45, 2.75) is 19.5 Å². The van der Waals surface area contributed by atoms with E-state index in [9.17, 15) is 14.0 Å². The molecule has 17 heavy (non-hydrogen) atoms. The minimum absolute atomic E-state index is 0.0703. The van der Waals surface area contributed by atoms with Gasteiger partial charge in [-0.15, -0.1) is 0 Å². The van der Waals surface area contributed by atoms with E-state index in [0.29, 0.717) is 0 Å². The first kappa shape index (κ1) is 14.4. The average Bonchev–Trinajstić information content (AvgIpc) is 2.25. The smallest absolute Gasteiger partial charge is 0.220 e. The lowest BCUT2D eigenvalue weighted by Crippen LogP contribution is -2.25. The number of hydrogen-bond donors (Lipinski definition) is 0. The summed E-state index contributed by atoms with van der Waals surface area (Å²) in [6, 6.07) is 2.54. The van der Waals surface area contributed by atoms with Crippen molar-refractivity contribution in [3.8, 4) is 0 Å². The molecule has 0 aliphatic rings. The summed E-state index contributed by atoms with van der Waals surface area (Å²) in [5, 5.41) is 0.0897. The van der Waals surface area contributed by atoms with Crippen molar-refractivity contribution in [2.75, 3.05) is 0 Å². The molecule has 1 aromatic carbocycles. The molecular formula is C11H8Cl3FO2. The van der Waals surface area contributed by atoms with Crippen molar-refractivity contribution in [3.63, 3.8) is 0 Å². The monoisotopic (exact) mass is 296 g/mol. The Bertz CT molecular complexity index is 451. The molecule has 0 amide bonds. The Morgan fingerprint density at radius 1 is 1.24 bits per heavy atom. The summed E-state index contributed by atoms with van der Waals surface area (Å²) in [5.74, 6) is -1.85. The standard InChI is InChI=1S/C11H8Cl3FO2/c1-2-8(16)10(15)11(17)9-6(13)3-5(12)4-7(9)14/h3-4,10H,2H2,1H3. The molecule has 0 aliphatic carbocycles. The van der Waals surface area contributed by atoms with Crippen LogP contribution in [0.3, 0.4) is 0 Å². The van der Waals surface area contributed by atoms with Crippen LogP contribution in [-0.2, 0) is 4.79 Å². The maximum atomic E-state index is 13.5. The molecule has 0 aromatic heterocycles. The molecule has 0 saturated carbocycles. The van der Waals surface area contributed by atoms with Gasteiger partial charge < -0.3 is 0 Å². The minimum Gasteiger partial charge on any atom is -0.296 e. The number of alkyl halides is 1. The number of rotatable bonds is 4. The van der Waals surface area contributed by atoms with E-state index in [-0.39, 0.29) is 27.1 Å². The zero-order chi connectivity index (χ0) is 13.2. The lowest BCUT2D eigenvalue weighted by molar-refractivity contribution is -0.121. The van der Waals surface area contributed by atoms with Crippen LogP contribution < -0.4 is 0 Å². The third-order valence-corrected chi connectivity index (χ3v) is 2.93. The van der Waals surface area contributed by atoms with Crippen LogP contribution in [0.5, 0.6) is 0 Å². The molecule has 0 fully saturated rings. The van der Waals surface area contributed by atoms with Crippen molar-refractivity contribution >= 4 is 46.4 Å². The SMILES string of the molecule is CCC(=O)C(F)C(=O)c1c(Cl)cc(Cl)cc1Cl. The van der Waals surface area contributed by atoms with Gasteiger partial charge in [-0.25, -0.2) is 4.39 Å². The average molecular weight is 298 g/mol. The molecule has 0 radical (unpaired) electrons. The van der Waals surface area contributed by atoms with Crippen LogP contribution in [0.1, 0.15) is 23.7 Å². The third-order valence-electron chi connectivity index (χ3n) is 2.11. The Morgan fingerprint density at radius 2 is 1.71 bits per heavy atom. The Hall–Kier alpha value is -0.640. The Kier molecular flexibility index (Phi) is 4.92. The highest BCUT2D eigenvalue weighted by Gasteiger charge is 2.29. The number of carbonyl (C=O) groups is 2. The predicted molar refractivity (Wildman–Crippen MR) is 66.0 cm³/mol. The normalized spacial score (nSPS) is 12.3. The number of benzene rings is 1. The summed E-state index contributed by atoms with van der Waals surface area (Å²) in [5.41, 5.74) is -0.216. The molecule has 2 nitrogen and oxygen atoms in total. The lowest BCUT2D eigenvalue weighted by Gasteiger charge is -2.09. The topological polar surface area (TPSA) is 34.1 Å². The van der Waals surface area contributed by atoms with Gasteiger partial charge in [0.05, 0.1) is 15.6 Å². The summed E-state index contributed by atoms with van der Waals surface area (Å²) in [7, 11) is 0. The zero-order valence-corrected chi connectivity index (χ0v) is 11.0. The van der Waals surface area contributed by atoms with Gasteiger partial charge in [-0.05, 0) is 12.1 Å². The summed E-state index contributed by atoms with van der Waals surface area (Å²) >= 11 is 17.2. The first-order valence-electron chi connectivity index (χ1n) is 4.74. The fourth-order valence-corrected chi connectivity index (χ4v) is 2.23. The molecule has 1 rings (SSSR count). The van der Waals surface area contributed by atoms with Crippen LogP contribution in [0.15, 0.2) is 12.1 Å². The van der Waals surface area contributed by atoms with Crippen LogP contribution in [0, 0.1) is 0 Å². The van der Waals surface area contributed by atoms with Gasteiger partial charge in [-0.2, -0.15) is 0 Å². The van der Waals surface area contributed by atoms with E-state index in [2.05, 4.69) is 0 Å². The van der Waals surface area contributed by atoms with E-state index in [1.54, 1.807) is 0 Å². The van der Waals surface area contributed by atoms with Gasteiger partial charge in [0.15, 0.2) is 5.78 Å².